The summed E-state index contributed by atoms with van der Waals surface area (Å²) in [6.45, 7) is 5.77. The molecule has 3 aromatic rings. The molecule has 2 aromatic carbocycles. The molecular formula is C25H27ClN2O2. The predicted molar refractivity (Wildman–Crippen MR) is 121 cm³/mol. The number of likely N-dealkylation sites (tertiary alicyclic amines) is 1. The van der Waals surface area contributed by atoms with Gasteiger partial charge < -0.3 is 14.8 Å². The molecule has 2 N–H and O–H groups in total. The Labute approximate surface area is 182 Å². The lowest BCUT2D eigenvalue weighted by Crippen LogP contribution is -2.45. The van der Waals surface area contributed by atoms with Gasteiger partial charge in [-0.3, -0.25) is 4.90 Å². The molecule has 30 heavy (non-hydrogen) atoms. The van der Waals surface area contributed by atoms with E-state index in [2.05, 4.69) is 22.5 Å². The minimum absolute atomic E-state index is 0.188. The van der Waals surface area contributed by atoms with E-state index in [1.54, 1.807) is 7.11 Å². The molecule has 0 radical (unpaired) electrons. The molecule has 0 amide bonds. The number of methoxy groups -OCH3 is 1. The maximum atomic E-state index is 10.5. The smallest absolute Gasteiger partial charge is 0.119 e. The van der Waals surface area contributed by atoms with Crippen molar-refractivity contribution in [1.82, 2.24) is 9.88 Å². The van der Waals surface area contributed by atoms with E-state index in [-0.39, 0.29) is 11.8 Å². The quantitative estimate of drug-likeness (QED) is 0.532. The first-order valence-electron chi connectivity index (χ1n) is 10.6. The Balaban J connectivity index is 1.44. The van der Waals surface area contributed by atoms with E-state index in [1.165, 1.54) is 16.6 Å². The minimum Gasteiger partial charge on any atom is -0.511 e. The van der Waals surface area contributed by atoms with Crippen LogP contribution in [0.4, 0.5) is 0 Å². The number of halogens is 1. The summed E-state index contributed by atoms with van der Waals surface area (Å²) in [6.07, 6.45) is 3.20. The van der Waals surface area contributed by atoms with Gasteiger partial charge in [0.2, 0.25) is 0 Å². The van der Waals surface area contributed by atoms with Crippen molar-refractivity contribution in [3.05, 3.63) is 76.6 Å². The van der Waals surface area contributed by atoms with Gasteiger partial charge in [-0.15, -0.1) is 0 Å². The molecule has 156 valence electrons. The van der Waals surface area contributed by atoms with Gasteiger partial charge in [0.1, 0.15) is 11.5 Å². The number of hydrogen-bond acceptors (Lipinski definition) is 3. The molecule has 2 heterocycles. The minimum atomic E-state index is -0.214. The fourth-order valence-electron chi connectivity index (χ4n) is 5.52. The summed E-state index contributed by atoms with van der Waals surface area (Å²) in [6, 6.07) is 13.8. The zero-order valence-electron chi connectivity index (χ0n) is 17.2. The number of ether oxygens (including phenoxy) is 1. The molecule has 5 rings (SSSR count). The second kappa shape index (κ2) is 7.68. The number of aliphatic hydroxyl groups is 1. The predicted octanol–water partition coefficient (Wildman–Crippen LogP) is 5.68. The second-order valence-electron chi connectivity index (χ2n) is 8.63. The summed E-state index contributed by atoms with van der Waals surface area (Å²) >= 11 is 6.55. The molecule has 1 fully saturated rings. The normalized spacial score (nSPS) is 22.3. The molecule has 3 unspecified atom stereocenters. The van der Waals surface area contributed by atoms with Crippen LogP contribution in [-0.4, -0.2) is 35.2 Å². The van der Waals surface area contributed by atoms with Crippen LogP contribution in [0.1, 0.15) is 29.3 Å². The van der Waals surface area contributed by atoms with Gasteiger partial charge in [0, 0.05) is 23.1 Å². The molecule has 1 aliphatic heterocycles. The number of H-pyrrole nitrogens is 1. The van der Waals surface area contributed by atoms with E-state index in [0.29, 0.717) is 11.8 Å². The maximum absolute atomic E-state index is 10.5. The monoisotopic (exact) mass is 422 g/mol. The fourth-order valence-corrected chi connectivity index (χ4v) is 5.81. The van der Waals surface area contributed by atoms with Crippen LogP contribution in [0, 0.1) is 11.8 Å². The summed E-state index contributed by atoms with van der Waals surface area (Å²) in [5.74, 6) is 2.17. The Morgan fingerprint density at radius 3 is 2.87 bits per heavy atom. The third-order valence-corrected chi connectivity index (χ3v) is 7.23. The van der Waals surface area contributed by atoms with Gasteiger partial charge in [-0.1, -0.05) is 36.4 Å². The van der Waals surface area contributed by atoms with Crippen LogP contribution >= 0.6 is 11.6 Å². The molecule has 1 saturated heterocycles. The van der Waals surface area contributed by atoms with Gasteiger partial charge in [0.25, 0.3) is 0 Å². The van der Waals surface area contributed by atoms with Crippen molar-refractivity contribution in [1.29, 1.82) is 0 Å². The fraction of sp³-hybridized carbons (Fsp3) is 0.360. The molecular weight excluding hydrogens is 396 g/mol. The summed E-state index contributed by atoms with van der Waals surface area (Å²) in [7, 11) is 1.67. The van der Waals surface area contributed by atoms with Gasteiger partial charge >= 0.3 is 0 Å². The largest absolute Gasteiger partial charge is 0.511 e. The Morgan fingerprint density at radius 1 is 1.23 bits per heavy atom. The van der Waals surface area contributed by atoms with Gasteiger partial charge in [-0.05, 0) is 73.0 Å². The first kappa shape index (κ1) is 19.5. The van der Waals surface area contributed by atoms with Crippen LogP contribution < -0.4 is 4.74 Å². The third-order valence-electron chi connectivity index (χ3n) is 6.91. The number of aromatic amines is 1. The van der Waals surface area contributed by atoms with Crippen molar-refractivity contribution in [2.75, 3.05) is 20.2 Å². The van der Waals surface area contributed by atoms with Crippen molar-refractivity contribution < 1.29 is 9.84 Å². The highest BCUT2D eigenvalue weighted by Crippen LogP contribution is 2.42. The first-order chi connectivity index (χ1) is 14.5. The molecule has 0 bridgehead atoms. The van der Waals surface area contributed by atoms with Crippen molar-refractivity contribution in [3.63, 3.8) is 0 Å². The van der Waals surface area contributed by atoms with Crippen LogP contribution in [0.15, 0.2) is 54.8 Å². The van der Waals surface area contributed by atoms with Crippen molar-refractivity contribution in [3.8, 4) is 5.75 Å². The van der Waals surface area contributed by atoms with E-state index < -0.39 is 0 Å². The van der Waals surface area contributed by atoms with Crippen LogP contribution in [0.2, 0.25) is 5.02 Å². The standard InChI is InChI=1S/C25H27ClN2O2/c1-15(29)25(17-5-3-6-19(11-17)30-2)28-10-9-16-13-23-20(12-18(16)14-28)24-21(26)7-4-8-22(24)27-23/h3-8,11,16,18,25,27,29H,1,9-10,12-14H2,2H3. The molecule has 0 spiro atoms. The van der Waals surface area contributed by atoms with E-state index in [1.807, 2.05) is 36.4 Å². The number of fused-ring (bicyclic) bond motifs is 4. The highest BCUT2D eigenvalue weighted by Gasteiger charge is 2.38. The molecule has 1 aromatic heterocycles. The van der Waals surface area contributed by atoms with Crippen LogP contribution in [0.3, 0.4) is 0 Å². The van der Waals surface area contributed by atoms with Crippen LogP contribution in [0.25, 0.3) is 10.9 Å². The number of piperidine rings is 1. The second-order valence-corrected chi connectivity index (χ2v) is 9.03. The Hall–Kier alpha value is -2.43. The molecule has 5 heteroatoms. The Kier molecular flexibility index (Phi) is 5.00. The van der Waals surface area contributed by atoms with Gasteiger partial charge in [0.05, 0.1) is 18.2 Å². The number of hydrogen-bond donors (Lipinski definition) is 2. The molecule has 1 aliphatic carbocycles. The lowest BCUT2D eigenvalue weighted by molar-refractivity contribution is 0.0716. The summed E-state index contributed by atoms with van der Waals surface area (Å²) < 4.78 is 5.39. The summed E-state index contributed by atoms with van der Waals surface area (Å²) in [4.78, 5) is 5.99. The average Bonchev–Trinajstić information content (AvgIpc) is 3.10. The van der Waals surface area contributed by atoms with Crippen molar-refractivity contribution >= 4 is 22.5 Å². The Morgan fingerprint density at radius 2 is 2.07 bits per heavy atom. The molecule has 0 saturated carbocycles. The van der Waals surface area contributed by atoms with E-state index in [9.17, 15) is 5.11 Å². The van der Waals surface area contributed by atoms with Gasteiger partial charge in [-0.2, -0.15) is 0 Å². The van der Waals surface area contributed by atoms with Gasteiger partial charge in [0.15, 0.2) is 0 Å². The number of aliphatic hydroxyl groups excluding tert-OH is 1. The number of nitrogens with one attached hydrogen (secondary N) is 1. The highest BCUT2D eigenvalue weighted by molar-refractivity contribution is 6.35. The molecule has 2 aliphatic rings. The van der Waals surface area contributed by atoms with Crippen molar-refractivity contribution in [2.24, 2.45) is 11.8 Å². The number of aromatic nitrogens is 1. The zero-order valence-corrected chi connectivity index (χ0v) is 18.0. The first-order valence-corrected chi connectivity index (χ1v) is 11.0. The average molecular weight is 423 g/mol. The SMILES string of the molecule is C=C(O)C(c1cccc(OC)c1)N1CCC2Cc3[nH]c4cccc(Cl)c4c3CC2C1. The zero-order chi connectivity index (χ0) is 20.8. The van der Waals surface area contributed by atoms with Crippen molar-refractivity contribution in [2.45, 2.75) is 25.3 Å². The Bertz CT molecular complexity index is 1110. The number of benzene rings is 2. The molecule has 4 nitrogen and oxygen atoms in total. The number of nitrogens with zero attached hydrogens (tertiary/aromatic N) is 1. The maximum Gasteiger partial charge on any atom is 0.119 e. The van der Waals surface area contributed by atoms with E-state index in [0.717, 1.165) is 54.2 Å². The van der Waals surface area contributed by atoms with Gasteiger partial charge in [-0.25, -0.2) is 0 Å². The topological polar surface area (TPSA) is 48.5 Å². The van der Waals surface area contributed by atoms with E-state index in [4.69, 9.17) is 16.3 Å². The van der Waals surface area contributed by atoms with Crippen LogP contribution in [0.5, 0.6) is 5.75 Å². The summed E-state index contributed by atoms with van der Waals surface area (Å²) in [5.41, 5.74) is 4.89. The molecule has 3 atom stereocenters. The number of rotatable bonds is 4. The van der Waals surface area contributed by atoms with E-state index >= 15 is 0 Å². The van der Waals surface area contributed by atoms with Crippen LogP contribution in [-0.2, 0) is 12.8 Å². The lowest BCUT2D eigenvalue weighted by Gasteiger charge is -2.44. The third kappa shape index (κ3) is 3.28. The highest BCUT2D eigenvalue weighted by atomic mass is 35.5. The summed E-state index contributed by atoms with van der Waals surface area (Å²) in [5, 5.41) is 12.5. The lowest BCUT2D eigenvalue weighted by atomic mass is 9.73.